The second kappa shape index (κ2) is 12.9. The van der Waals surface area contributed by atoms with Gasteiger partial charge in [0.1, 0.15) is 22.5 Å². The molecule has 10 aromatic carbocycles. The molecule has 0 spiro atoms. The standard InChI is InChI=1S/C57H36O2/c1-3-41-49(56-34(2)42-15-10-11-22-52(42)58-56)28-29-50-51-33-39(27-30-53(51)59-57(41)50)37-23-24-38-32-40(26-25-36(38)31-37)54-45-17-6-8-19-47(45)55(48-20-9-7-18-46(48)54)44-21-12-14-35-13-4-5-16-43(35)44/h3-33H,1H2,2H3. The highest BCUT2D eigenvalue weighted by atomic mass is 16.3. The van der Waals surface area contributed by atoms with Crippen LogP contribution in [0.1, 0.15) is 11.1 Å². The smallest absolute Gasteiger partial charge is 0.143 e. The number of furan rings is 2. The number of fused-ring (bicyclic) bond motifs is 8. The third-order valence-electron chi connectivity index (χ3n) is 12.4. The molecule has 12 aromatic rings. The summed E-state index contributed by atoms with van der Waals surface area (Å²) in [5.74, 6) is 0.850. The lowest BCUT2D eigenvalue weighted by molar-refractivity contribution is 0.628. The Balaban J connectivity index is 0.963. The highest BCUT2D eigenvalue weighted by molar-refractivity contribution is 6.24. The third kappa shape index (κ3) is 5.06. The minimum atomic E-state index is 0.820. The first-order chi connectivity index (χ1) is 29.1. The van der Waals surface area contributed by atoms with Gasteiger partial charge in [-0.2, -0.15) is 0 Å². The second-order valence-corrected chi connectivity index (χ2v) is 15.6. The van der Waals surface area contributed by atoms with E-state index >= 15 is 0 Å². The first-order valence-electron chi connectivity index (χ1n) is 20.2. The molecule has 0 N–H and O–H groups in total. The van der Waals surface area contributed by atoms with Crippen LogP contribution in [0, 0.1) is 6.92 Å². The molecule has 0 aliphatic heterocycles. The van der Waals surface area contributed by atoms with Crippen molar-refractivity contribution < 1.29 is 8.83 Å². The number of benzene rings is 10. The van der Waals surface area contributed by atoms with Crippen LogP contribution in [0.3, 0.4) is 0 Å². The molecule has 2 aromatic heterocycles. The Bertz CT molecular complexity index is 3640. The lowest BCUT2D eigenvalue weighted by Gasteiger charge is -2.19. The lowest BCUT2D eigenvalue weighted by atomic mass is 9.84. The zero-order valence-corrected chi connectivity index (χ0v) is 32.4. The molecule has 0 saturated heterocycles. The molecule has 276 valence electrons. The zero-order chi connectivity index (χ0) is 39.2. The Labute approximate surface area is 340 Å². The van der Waals surface area contributed by atoms with E-state index in [-0.39, 0.29) is 0 Å². The van der Waals surface area contributed by atoms with Crippen LogP contribution in [0.5, 0.6) is 0 Å². The highest BCUT2D eigenvalue weighted by Gasteiger charge is 2.21. The second-order valence-electron chi connectivity index (χ2n) is 15.6. The van der Waals surface area contributed by atoms with Crippen LogP contribution in [0.2, 0.25) is 0 Å². The van der Waals surface area contributed by atoms with Crippen molar-refractivity contribution in [3.8, 4) is 44.7 Å². The minimum Gasteiger partial charge on any atom is -0.456 e. The maximum Gasteiger partial charge on any atom is 0.143 e. The molecule has 0 unspecified atom stereocenters. The van der Waals surface area contributed by atoms with Gasteiger partial charge in [0.2, 0.25) is 0 Å². The van der Waals surface area contributed by atoms with Gasteiger partial charge in [-0.25, -0.2) is 0 Å². The van der Waals surface area contributed by atoms with Gasteiger partial charge in [-0.3, -0.25) is 0 Å². The fourth-order valence-corrected chi connectivity index (χ4v) is 9.63. The van der Waals surface area contributed by atoms with E-state index in [1.165, 1.54) is 65.3 Å². The Morgan fingerprint density at radius 3 is 1.69 bits per heavy atom. The molecule has 0 saturated carbocycles. The van der Waals surface area contributed by atoms with Crippen LogP contribution in [0.25, 0.3) is 127 Å². The first-order valence-corrected chi connectivity index (χ1v) is 20.2. The van der Waals surface area contributed by atoms with Gasteiger partial charge in [0, 0.05) is 32.8 Å². The van der Waals surface area contributed by atoms with Crippen molar-refractivity contribution in [2.75, 3.05) is 0 Å². The fraction of sp³-hybridized carbons (Fsp3) is 0.0175. The molecule has 0 fully saturated rings. The molecule has 0 atom stereocenters. The predicted octanol–water partition coefficient (Wildman–Crippen LogP) is 16.6. The maximum absolute atomic E-state index is 6.57. The maximum atomic E-state index is 6.57. The van der Waals surface area contributed by atoms with Gasteiger partial charge in [0.15, 0.2) is 0 Å². The molecule has 12 rings (SSSR count). The van der Waals surface area contributed by atoms with Crippen molar-refractivity contribution in [3.63, 3.8) is 0 Å². The Kier molecular flexibility index (Phi) is 7.33. The number of hydrogen-bond acceptors (Lipinski definition) is 2. The van der Waals surface area contributed by atoms with E-state index in [9.17, 15) is 0 Å². The summed E-state index contributed by atoms with van der Waals surface area (Å²) in [5.41, 5.74) is 12.9. The molecular weight excluding hydrogens is 717 g/mol. The summed E-state index contributed by atoms with van der Waals surface area (Å²) < 4.78 is 12.9. The Morgan fingerprint density at radius 2 is 0.966 bits per heavy atom. The van der Waals surface area contributed by atoms with Crippen molar-refractivity contribution in [1.29, 1.82) is 0 Å². The van der Waals surface area contributed by atoms with Gasteiger partial charge in [-0.1, -0.05) is 152 Å². The van der Waals surface area contributed by atoms with E-state index in [1.54, 1.807) is 0 Å². The molecule has 0 aliphatic rings. The van der Waals surface area contributed by atoms with Crippen molar-refractivity contribution in [3.05, 3.63) is 200 Å². The molecule has 2 heterocycles. The predicted molar refractivity (Wildman–Crippen MR) is 250 cm³/mol. The van der Waals surface area contributed by atoms with E-state index in [2.05, 4.69) is 177 Å². The monoisotopic (exact) mass is 752 g/mol. The van der Waals surface area contributed by atoms with Gasteiger partial charge in [0.05, 0.1) is 0 Å². The van der Waals surface area contributed by atoms with Crippen LogP contribution < -0.4 is 0 Å². The number of rotatable bonds is 5. The number of para-hydroxylation sites is 1. The summed E-state index contributed by atoms with van der Waals surface area (Å²) in [7, 11) is 0. The van der Waals surface area contributed by atoms with Crippen molar-refractivity contribution in [2.45, 2.75) is 6.92 Å². The van der Waals surface area contributed by atoms with E-state index < -0.39 is 0 Å². The van der Waals surface area contributed by atoms with Gasteiger partial charge < -0.3 is 8.83 Å². The van der Waals surface area contributed by atoms with E-state index in [0.29, 0.717) is 0 Å². The van der Waals surface area contributed by atoms with Crippen molar-refractivity contribution >= 4 is 82.1 Å². The molecule has 2 nitrogen and oxygen atoms in total. The van der Waals surface area contributed by atoms with Crippen LogP contribution in [0.15, 0.2) is 197 Å². The zero-order valence-electron chi connectivity index (χ0n) is 32.4. The molecule has 0 bridgehead atoms. The van der Waals surface area contributed by atoms with Crippen LogP contribution in [0.4, 0.5) is 0 Å². The summed E-state index contributed by atoms with van der Waals surface area (Å²) in [6.45, 7) is 6.31. The number of aryl methyl sites for hydroxylation is 1. The van der Waals surface area contributed by atoms with Gasteiger partial charge in [-0.15, -0.1) is 0 Å². The number of hydrogen-bond donors (Lipinski definition) is 0. The summed E-state index contributed by atoms with van der Waals surface area (Å²) in [6.07, 6.45) is 1.89. The third-order valence-corrected chi connectivity index (χ3v) is 12.4. The normalized spacial score (nSPS) is 11.9. The molecule has 0 aliphatic carbocycles. The molecule has 2 heteroatoms. The first kappa shape index (κ1) is 33.5. The minimum absolute atomic E-state index is 0.820. The van der Waals surface area contributed by atoms with Crippen molar-refractivity contribution in [2.24, 2.45) is 0 Å². The Morgan fingerprint density at radius 1 is 0.390 bits per heavy atom. The van der Waals surface area contributed by atoms with E-state index in [1.807, 2.05) is 24.3 Å². The fourth-order valence-electron chi connectivity index (χ4n) is 9.63. The largest absolute Gasteiger partial charge is 0.456 e. The molecule has 0 radical (unpaired) electrons. The van der Waals surface area contributed by atoms with Crippen LogP contribution >= 0.6 is 0 Å². The highest BCUT2D eigenvalue weighted by Crippen LogP contribution is 2.46. The summed E-state index contributed by atoms with van der Waals surface area (Å²) >= 11 is 0. The topological polar surface area (TPSA) is 26.3 Å². The van der Waals surface area contributed by atoms with E-state index in [4.69, 9.17) is 8.83 Å². The van der Waals surface area contributed by atoms with Gasteiger partial charge in [0.25, 0.3) is 0 Å². The summed E-state index contributed by atoms with van der Waals surface area (Å²) in [4.78, 5) is 0. The molecule has 59 heavy (non-hydrogen) atoms. The summed E-state index contributed by atoms with van der Waals surface area (Å²) in [5, 5.41) is 13.2. The quantitative estimate of drug-likeness (QED) is 0.164. The van der Waals surface area contributed by atoms with Crippen molar-refractivity contribution in [1.82, 2.24) is 0 Å². The molecular formula is C57H36O2. The summed E-state index contributed by atoms with van der Waals surface area (Å²) in [6, 6.07) is 65.9. The average Bonchev–Trinajstić information content (AvgIpc) is 3.84. The average molecular weight is 753 g/mol. The lowest BCUT2D eigenvalue weighted by Crippen LogP contribution is -1.91. The van der Waals surface area contributed by atoms with Gasteiger partial charge in [-0.05, 0) is 126 Å². The van der Waals surface area contributed by atoms with Gasteiger partial charge >= 0.3 is 0 Å². The van der Waals surface area contributed by atoms with Crippen LogP contribution in [-0.2, 0) is 0 Å². The molecule has 0 amide bonds. The Hall–Kier alpha value is -7.68. The van der Waals surface area contributed by atoms with Crippen LogP contribution in [-0.4, -0.2) is 0 Å². The SMILES string of the molecule is C=Cc1c(-c2oc3ccccc3c2C)ccc2c1oc1ccc(-c3ccc4cc(-c5c6ccccc6c(-c6cccc7ccccc67)c6ccccc56)ccc4c3)cc12. The van der Waals surface area contributed by atoms with E-state index in [0.717, 1.165) is 66.5 Å².